The van der Waals surface area contributed by atoms with Gasteiger partial charge in [-0.15, -0.1) is 5.10 Å². The number of hydrogen-bond donors (Lipinski definition) is 1. The van der Waals surface area contributed by atoms with Gasteiger partial charge < -0.3 is 9.52 Å². The molecule has 0 saturated heterocycles. The Bertz CT molecular complexity index is 463. The van der Waals surface area contributed by atoms with Crippen LogP contribution in [0.25, 0.3) is 0 Å². The fourth-order valence-corrected chi connectivity index (χ4v) is 1.39. The topological polar surface area (TPSA) is 77.0 Å². The van der Waals surface area contributed by atoms with Crippen LogP contribution in [0.1, 0.15) is 36.6 Å². The summed E-state index contributed by atoms with van der Waals surface area (Å²) < 4.78 is 6.73. The Morgan fingerprint density at radius 1 is 1.56 bits per heavy atom. The van der Waals surface area contributed by atoms with Gasteiger partial charge in [0.15, 0.2) is 6.39 Å². The summed E-state index contributed by atoms with van der Waals surface area (Å²) >= 11 is 0. The summed E-state index contributed by atoms with van der Waals surface area (Å²) in [5.74, 6) is 0.771. The van der Waals surface area contributed by atoms with Gasteiger partial charge in [0.05, 0.1) is 18.8 Å². The van der Waals surface area contributed by atoms with E-state index in [1.54, 1.807) is 10.9 Å². The van der Waals surface area contributed by atoms with Crippen molar-refractivity contribution < 1.29 is 9.52 Å². The zero-order valence-electron chi connectivity index (χ0n) is 9.29. The predicted octanol–water partition coefficient (Wildman–Crippen LogP) is 1.07. The second-order valence-electron chi connectivity index (χ2n) is 3.62. The third-order valence-electron chi connectivity index (χ3n) is 2.44. The molecule has 6 heteroatoms. The third kappa shape index (κ3) is 2.11. The molecule has 0 bridgehead atoms. The molecular weight excluding hydrogens is 208 g/mol. The lowest BCUT2D eigenvalue weighted by Crippen LogP contribution is -2.02. The second kappa shape index (κ2) is 4.44. The highest BCUT2D eigenvalue weighted by Gasteiger charge is 2.11. The average molecular weight is 222 g/mol. The zero-order valence-corrected chi connectivity index (χ0v) is 9.29. The summed E-state index contributed by atoms with van der Waals surface area (Å²) in [5.41, 5.74) is 1.41. The number of aryl methyl sites for hydroxylation is 1. The fourth-order valence-electron chi connectivity index (χ4n) is 1.39. The van der Waals surface area contributed by atoms with Crippen LogP contribution in [0.15, 0.2) is 17.0 Å². The number of rotatable bonds is 4. The summed E-state index contributed by atoms with van der Waals surface area (Å²) in [5, 5.41) is 17.4. The van der Waals surface area contributed by atoms with E-state index in [1.807, 2.05) is 13.8 Å². The summed E-state index contributed by atoms with van der Waals surface area (Å²) in [6.07, 6.45) is 3.21. The highest BCUT2D eigenvalue weighted by molar-refractivity contribution is 5.06. The van der Waals surface area contributed by atoms with Gasteiger partial charge in [-0.3, -0.25) is 0 Å². The van der Waals surface area contributed by atoms with Crippen molar-refractivity contribution in [1.29, 1.82) is 0 Å². The summed E-state index contributed by atoms with van der Waals surface area (Å²) in [6, 6.07) is 0. The zero-order chi connectivity index (χ0) is 11.5. The Labute approximate surface area is 92.9 Å². The lowest BCUT2D eigenvalue weighted by Gasteiger charge is -2.00. The van der Waals surface area contributed by atoms with E-state index in [0.717, 1.165) is 11.5 Å². The van der Waals surface area contributed by atoms with Gasteiger partial charge in [-0.2, -0.15) is 0 Å². The number of oxazole rings is 1. The average Bonchev–Trinajstić information content (AvgIpc) is 2.89. The van der Waals surface area contributed by atoms with Gasteiger partial charge in [0, 0.05) is 0 Å². The highest BCUT2D eigenvalue weighted by atomic mass is 16.3. The van der Waals surface area contributed by atoms with Gasteiger partial charge in [0.25, 0.3) is 0 Å². The Morgan fingerprint density at radius 3 is 3.00 bits per heavy atom. The molecule has 0 amide bonds. The first-order valence-corrected chi connectivity index (χ1v) is 5.17. The molecule has 1 unspecified atom stereocenters. The number of aliphatic hydroxyl groups is 1. The van der Waals surface area contributed by atoms with E-state index in [4.69, 9.17) is 4.42 Å². The van der Waals surface area contributed by atoms with E-state index >= 15 is 0 Å². The predicted molar refractivity (Wildman–Crippen MR) is 55.6 cm³/mol. The Morgan fingerprint density at radius 2 is 2.38 bits per heavy atom. The van der Waals surface area contributed by atoms with Crippen LogP contribution in [-0.2, 0) is 6.54 Å². The molecule has 0 saturated carbocycles. The van der Waals surface area contributed by atoms with Gasteiger partial charge in [0.1, 0.15) is 17.1 Å². The Kier molecular flexibility index (Phi) is 3.00. The maximum absolute atomic E-state index is 9.57. The molecule has 2 aromatic rings. The molecule has 2 heterocycles. The minimum absolute atomic E-state index is 0.506. The lowest BCUT2D eigenvalue weighted by atomic mass is 10.2. The SMILES string of the molecule is CCC(O)c1cn(Cc2ncoc2C)nn1. The Hall–Kier alpha value is -1.69. The van der Waals surface area contributed by atoms with Gasteiger partial charge in [-0.1, -0.05) is 12.1 Å². The molecule has 16 heavy (non-hydrogen) atoms. The molecule has 0 aromatic carbocycles. The second-order valence-corrected chi connectivity index (χ2v) is 3.62. The van der Waals surface area contributed by atoms with Crippen molar-refractivity contribution in [2.45, 2.75) is 32.9 Å². The van der Waals surface area contributed by atoms with Gasteiger partial charge in [-0.25, -0.2) is 9.67 Å². The van der Waals surface area contributed by atoms with Crippen LogP contribution in [0.5, 0.6) is 0 Å². The Balaban J connectivity index is 2.11. The van der Waals surface area contributed by atoms with Crippen molar-refractivity contribution in [3.05, 3.63) is 29.7 Å². The molecule has 0 spiro atoms. The van der Waals surface area contributed by atoms with Crippen LogP contribution in [-0.4, -0.2) is 25.1 Å². The molecule has 0 radical (unpaired) electrons. The van der Waals surface area contributed by atoms with E-state index < -0.39 is 6.10 Å². The van der Waals surface area contributed by atoms with E-state index in [0.29, 0.717) is 18.7 Å². The molecule has 1 N–H and O–H groups in total. The smallest absolute Gasteiger partial charge is 0.181 e. The summed E-state index contributed by atoms with van der Waals surface area (Å²) in [6.45, 7) is 4.25. The van der Waals surface area contributed by atoms with Crippen LogP contribution < -0.4 is 0 Å². The molecule has 0 aliphatic rings. The summed E-state index contributed by atoms with van der Waals surface area (Å²) in [7, 11) is 0. The van der Waals surface area contributed by atoms with Gasteiger partial charge in [0.2, 0.25) is 0 Å². The maximum atomic E-state index is 9.57. The van der Waals surface area contributed by atoms with Crippen LogP contribution in [0, 0.1) is 6.92 Å². The third-order valence-corrected chi connectivity index (χ3v) is 2.44. The van der Waals surface area contributed by atoms with Crippen molar-refractivity contribution >= 4 is 0 Å². The van der Waals surface area contributed by atoms with Crippen molar-refractivity contribution in [3.63, 3.8) is 0 Å². The highest BCUT2D eigenvalue weighted by Crippen LogP contribution is 2.13. The molecule has 2 aromatic heterocycles. The molecular formula is C10H14N4O2. The first-order chi connectivity index (χ1) is 7.70. The molecule has 6 nitrogen and oxygen atoms in total. The van der Waals surface area contributed by atoms with E-state index in [9.17, 15) is 5.11 Å². The number of aliphatic hydroxyl groups excluding tert-OH is 1. The van der Waals surface area contributed by atoms with Crippen LogP contribution in [0.2, 0.25) is 0 Å². The van der Waals surface area contributed by atoms with Crippen molar-refractivity contribution in [3.8, 4) is 0 Å². The standard InChI is InChI=1S/C10H14N4O2/c1-3-10(15)9-5-14(13-12-9)4-8-7(2)16-6-11-8/h5-6,10,15H,3-4H2,1-2H3. The summed E-state index contributed by atoms with van der Waals surface area (Å²) in [4.78, 5) is 4.07. The van der Waals surface area contributed by atoms with Gasteiger partial charge in [-0.05, 0) is 13.3 Å². The molecule has 86 valence electrons. The van der Waals surface area contributed by atoms with Crippen molar-refractivity contribution in [2.24, 2.45) is 0 Å². The minimum atomic E-state index is -0.549. The van der Waals surface area contributed by atoms with E-state index in [2.05, 4.69) is 15.3 Å². The number of aromatic nitrogens is 4. The first-order valence-electron chi connectivity index (χ1n) is 5.17. The minimum Gasteiger partial charge on any atom is -0.448 e. The first kappa shape index (κ1) is 10.8. The largest absolute Gasteiger partial charge is 0.448 e. The van der Waals surface area contributed by atoms with E-state index in [-0.39, 0.29) is 0 Å². The van der Waals surface area contributed by atoms with E-state index in [1.165, 1.54) is 6.39 Å². The molecule has 0 aliphatic carbocycles. The fraction of sp³-hybridized carbons (Fsp3) is 0.500. The quantitative estimate of drug-likeness (QED) is 0.837. The molecule has 1 atom stereocenters. The van der Waals surface area contributed by atoms with Crippen LogP contribution in [0.4, 0.5) is 0 Å². The number of nitrogens with zero attached hydrogens (tertiary/aromatic N) is 4. The van der Waals surface area contributed by atoms with Crippen molar-refractivity contribution in [1.82, 2.24) is 20.0 Å². The van der Waals surface area contributed by atoms with Crippen molar-refractivity contribution in [2.75, 3.05) is 0 Å². The molecule has 2 rings (SSSR count). The normalized spacial score (nSPS) is 12.9. The maximum Gasteiger partial charge on any atom is 0.181 e. The van der Waals surface area contributed by atoms with Crippen LogP contribution >= 0.6 is 0 Å². The van der Waals surface area contributed by atoms with Gasteiger partial charge >= 0.3 is 0 Å². The molecule has 0 fully saturated rings. The lowest BCUT2D eigenvalue weighted by molar-refractivity contribution is 0.168. The monoisotopic (exact) mass is 222 g/mol. The number of hydrogen-bond acceptors (Lipinski definition) is 5. The van der Waals surface area contributed by atoms with Crippen LogP contribution in [0.3, 0.4) is 0 Å². The molecule has 0 aliphatic heterocycles.